The first-order valence-corrected chi connectivity index (χ1v) is 9.12. The summed E-state index contributed by atoms with van der Waals surface area (Å²) in [5.41, 5.74) is 0.538. The number of carbonyl (C=O) groups excluding carboxylic acids is 1. The first kappa shape index (κ1) is 15.3. The zero-order chi connectivity index (χ0) is 15.7. The molecule has 7 heteroatoms. The minimum Gasteiger partial charge on any atom is -0.490 e. The predicted octanol–water partition coefficient (Wildman–Crippen LogP) is 1.12. The molecule has 1 amide bonds. The number of carbonyl (C=O) groups is 1. The monoisotopic (exact) mass is 324 g/mol. The Morgan fingerprint density at radius 1 is 1.18 bits per heavy atom. The van der Waals surface area contributed by atoms with Crippen LogP contribution in [0.3, 0.4) is 0 Å². The normalized spacial score (nSPS) is 22.4. The summed E-state index contributed by atoms with van der Waals surface area (Å²) in [6.45, 7) is 0.582. The molecule has 0 bridgehead atoms. The van der Waals surface area contributed by atoms with Gasteiger partial charge in [0.1, 0.15) is 5.75 Å². The molecule has 1 aromatic rings. The third-order valence-electron chi connectivity index (χ3n) is 4.35. The van der Waals surface area contributed by atoms with Crippen LogP contribution in [0.15, 0.2) is 24.3 Å². The summed E-state index contributed by atoms with van der Waals surface area (Å²) in [7, 11) is -3.58. The van der Waals surface area contributed by atoms with Gasteiger partial charge in [0.25, 0.3) is 5.91 Å². The molecular formula is C15H20N2O4S. The lowest BCUT2D eigenvalue weighted by Gasteiger charge is -2.26. The number of hydrogen-bond acceptors (Lipinski definition) is 4. The fourth-order valence-corrected chi connectivity index (χ4v) is 3.54. The molecule has 6 nitrogen and oxygen atoms in total. The molecule has 2 N–H and O–H groups in total. The van der Waals surface area contributed by atoms with Gasteiger partial charge in [0.15, 0.2) is 0 Å². The molecule has 2 aliphatic rings. The molecule has 0 aromatic heterocycles. The number of ether oxygens (including phenoxy) is 1. The van der Waals surface area contributed by atoms with Gasteiger partial charge in [-0.15, -0.1) is 0 Å². The Kier molecular flexibility index (Phi) is 4.10. The molecule has 1 saturated carbocycles. The van der Waals surface area contributed by atoms with Crippen molar-refractivity contribution in [2.75, 3.05) is 13.1 Å². The lowest BCUT2D eigenvalue weighted by Crippen LogP contribution is -2.34. The Bertz CT molecular complexity index is 653. The van der Waals surface area contributed by atoms with Crippen LogP contribution < -0.4 is 9.88 Å². The van der Waals surface area contributed by atoms with E-state index in [4.69, 9.17) is 9.88 Å². The number of benzene rings is 1. The molecule has 1 aromatic carbocycles. The standard InChI is InChI=1S/C15H20N2O4S/c16-22(19,20)14-8-9-17(10-14)15(18)11-4-6-13(7-5-11)21-12-2-1-3-12/h4-7,12,14H,1-3,8-10H2,(H2,16,19,20). The summed E-state index contributed by atoms with van der Waals surface area (Å²) < 4.78 is 28.4. The highest BCUT2D eigenvalue weighted by Gasteiger charge is 2.33. The topological polar surface area (TPSA) is 89.7 Å². The highest BCUT2D eigenvalue weighted by Crippen LogP contribution is 2.25. The minimum atomic E-state index is -3.58. The number of likely N-dealkylation sites (tertiary alicyclic amines) is 1. The third kappa shape index (κ3) is 3.25. The number of nitrogens with zero attached hydrogens (tertiary/aromatic N) is 1. The SMILES string of the molecule is NS(=O)(=O)C1CCN(C(=O)c2ccc(OC3CCC3)cc2)C1. The lowest BCUT2D eigenvalue weighted by molar-refractivity contribution is 0.0793. The zero-order valence-electron chi connectivity index (χ0n) is 12.3. The fraction of sp³-hybridized carbons (Fsp3) is 0.533. The van der Waals surface area contributed by atoms with Crippen molar-refractivity contribution in [1.82, 2.24) is 4.90 Å². The molecule has 22 heavy (non-hydrogen) atoms. The van der Waals surface area contributed by atoms with Crippen LogP contribution >= 0.6 is 0 Å². The first-order chi connectivity index (χ1) is 10.4. The third-order valence-corrected chi connectivity index (χ3v) is 5.67. The van der Waals surface area contributed by atoms with Crippen molar-refractivity contribution in [1.29, 1.82) is 0 Å². The van der Waals surface area contributed by atoms with Crippen molar-refractivity contribution in [2.45, 2.75) is 37.0 Å². The van der Waals surface area contributed by atoms with E-state index in [0.717, 1.165) is 18.6 Å². The van der Waals surface area contributed by atoms with Crippen LogP contribution in [0.4, 0.5) is 0 Å². The summed E-state index contributed by atoms with van der Waals surface area (Å²) in [4.78, 5) is 13.9. The average molecular weight is 324 g/mol. The van der Waals surface area contributed by atoms with Gasteiger partial charge in [0, 0.05) is 18.7 Å². The molecule has 0 radical (unpaired) electrons. The molecule has 1 aliphatic carbocycles. The summed E-state index contributed by atoms with van der Waals surface area (Å²) in [6.07, 6.45) is 4.08. The van der Waals surface area contributed by atoms with E-state index in [1.165, 1.54) is 11.3 Å². The summed E-state index contributed by atoms with van der Waals surface area (Å²) >= 11 is 0. The summed E-state index contributed by atoms with van der Waals surface area (Å²) in [5, 5.41) is 4.49. The van der Waals surface area contributed by atoms with Crippen LogP contribution in [0.5, 0.6) is 5.75 Å². The van der Waals surface area contributed by atoms with Gasteiger partial charge < -0.3 is 9.64 Å². The molecule has 0 spiro atoms. The highest BCUT2D eigenvalue weighted by molar-refractivity contribution is 7.89. The van der Waals surface area contributed by atoms with Crippen LogP contribution in [0.1, 0.15) is 36.0 Å². The van der Waals surface area contributed by atoms with Gasteiger partial charge >= 0.3 is 0 Å². The predicted molar refractivity (Wildman–Crippen MR) is 82.1 cm³/mol. The maximum absolute atomic E-state index is 12.4. The van der Waals surface area contributed by atoms with Gasteiger partial charge in [-0.2, -0.15) is 0 Å². The quantitative estimate of drug-likeness (QED) is 0.899. The van der Waals surface area contributed by atoms with Gasteiger partial charge in [-0.05, 0) is 49.9 Å². The van der Waals surface area contributed by atoms with Crippen LogP contribution in [-0.2, 0) is 10.0 Å². The number of nitrogens with two attached hydrogens (primary N) is 1. The molecule has 1 heterocycles. The van der Waals surface area contributed by atoms with E-state index < -0.39 is 15.3 Å². The van der Waals surface area contributed by atoms with Crippen molar-refractivity contribution in [3.63, 3.8) is 0 Å². The van der Waals surface area contributed by atoms with Gasteiger partial charge in [0.2, 0.25) is 10.0 Å². The lowest BCUT2D eigenvalue weighted by atomic mass is 9.96. The van der Waals surface area contributed by atoms with Crippen molar-refractivity contribution in [3.8, 4) is 5.75 Å². The van der Waals surface area contributed by atoms with E-state index in [9.17, 15) is 13.2 Å². The Hall–Kier alpha value is -1.60. The molecular weight excluding hydrogens is 304 g/mol. The van der Waals surface area contributed by atoms with Crippen LogP contribution in [0, 0.1) is 0 Å². The van der Waals surface area contributed by atoms with Crippen LogP contribution in [0.2, 0.25) is 0 Å². The van der Waals surface area contributed by atoms with E-state index in [1.54, 1.807) is 24.3 Å². The maximum Gasteiger partial charge on any atom is 0.253 e. The second-order valence-corrected chi connectivity index (χ2v) is 7.79. The number of sulfonamides is 1. The zero-order valence-corrected chi connectivity index (χ0v) is 13.1. The molecule has 1 saturated heterocycles. The maximum atomic E-state index is 12.4. The van der Waals surface area contributed by atoms with Crippen LogP contribution in [0.25, 0.3) is 0 Å². The number of hydrogen-bond donors (Lipinski definition) is 1. The van der Waals surface area contributed by atoms with Crippen molar-refractivity contribution in [3.05, 3.63) is 29.8 Å². The number of amides is 1. The van der Waals surface area contributed by atoms with E-state index in [0.29, 0.717) is 24.6 Å². The van der Waals surface area contributed by atoms with Crippen molar-refractivity contribution in [2.24, 2.45) is 5.14 Å². The molecule has 1 unspecified atom stereocenters. The first-order valence-electron chi connectivity index (χ1n) is 7.51. The second-order valence-electron chi connectivity index (χ2n) is 5.95. The van der Waals surface area contributed by atoms with Crippen molar-refractivity contribution >= 4 is 15.9 Å². The summed E-state index contributed by atoms with van der Waals surface area (Å²) in [5.74, 6) is 0.603. The minimum absolute atomic E-state index is 0.165. The Balaban J connectivity index is 1.62. The molecule has 2 fully saturated rings. The van der Waals surface area contributed by atoms with E-state index in [-0.39, 0.29) is 12.5 Å². The average Bonchev–Trinajstić information content (AvgIpc) is 2.92. The van der Waals surface area contributed by atoms with Gasteiger partial charge in [-0.1, -0.05) is 0 Å². The second kappa shape index (κ2) is 5.89. The number of rotatable bonds is 4. The Morgan fingerprint density at radius 2 is 1.86 bits per heavy atom. The molecule has 1 atom stereocenters. The van der Waals surface area contributed by atoms with Crippen molar-refractivity contribution < 1.29 is 17.9 Å². The summed E-state index contributed by atoms with van der Waals surface area (Å²) in [6, 6.07) is 7.03. The van der Waals surface area contributed by atoms with E-state index in [1.807, 2.05) is 0 Å². The fourth-order valence-electron chi connectivity index (χ4n) is 2.72. The Morgan fingerprint density at radius 3 is 2.36 bits per heavy atom. The largest absolute Gasteiger partial charge is 0.490 e. The molecule has 120 valence electrons. The number of primary sulfonamides is 1. The molecule has 3 rings (SSSR count). The Labute approximate surface area is 130 Å². The van der Waals surface area contributed by atoms with E-state index >= 15 is 0 Å². The smallest absolute Gasteiger partial charge is 0.253 e. The van der Waals surface area contributed by atoms with Gasteiger partial charge in [-0.3, -0.25) is 4.79 Å². The van der Waals surface area contributed by atoms with Gasteiger partial charge in [0.05, 0.1) is 11.4 Å². The van der Waals surface area contributed by atoms with Gasteiger partial charge in [-0.25, -0.2) is 13.6 Å². The van der Waals surface area contributed by atoms with E-state index in [2.05, 4.69) is 0 Å². The van der Waals surface area contributed by atoms with Crippen LogP contribution in [-0.4, -0.2) is 43.7 Å². The molecule has 1 aliphatic heterocycles. The highest BCUT2D eigenvalue weighted by atomic mass is 32.2.